The number of anilines is 1. The van der Waals surface area contributed by atoms with Gasteiger partial charge in [-0.15, -0.1) is 0 Å². The van der Waals surface area contributed by atoms with Gasteiger partial charge in [0.15, 0.2) is 0 Å². The van der Waals surface area contributed by atoms with Crippen LogP contribution in [0.2, 0.25) is 0 Å². The Morgan fingerprint density at radius 2 is 1.89 bits per heavy atom. The zero-order valence-corrected chi connectivity index (χ0v) is 12.5. The first-order valence-corrected chi connectivity index (χ1v) is 7.41. The summed E-state index contributed by atoms with van der Waals surface area (Å²) in [5, 5.41) is 6.81. The molecular weight excluding hydrogens is 234 g/mol. The van der Waals surface area contributed by atoms with Gasteiger partial charge in [-0.1, -0.05) is 17.7 Å². The summed E-state index contributed by atoms with van der Waals surface area (Å²) < 4.78 is 0. The monoisotopic (exact) mass is 261 g/mol. The first-order chi connectivity index (χ1) is 9.20. The fourth-order valence-corrected chi connectivity index (χ4v) is 2.89. The molecular formula is C16H27N3. The number of hydrogen-bond acceptors (Lipinski definition) is 3. The van der Waals surface area contributed by atoms with Crippen LogP contribution < -0.4 is 15.5 Å². The first kappa shape index (κ1) is 14.4. The van der Waals surface area contributed by atoms with Gasteiger partial charge in [0, 0.05) is 37.9 Å². The minimum absolute atomic E-state index is 0.690. The number of likely N-dealkylation sites (N-methyl/N-ethyl adjacent to an activating group) is 1. The molecule has 1 fully saturated rings. The molecule has 3 heteroatoms. The molecule has 0 spiro atoms. The Labute approximate surface area is 117 Å². The van der Waals surface area contributed by atoms with Crippen LogP contribution in [-0.2, 0) is 0 Å². The molecule has 1 heterocycles. The van der Waals surface area contributed by atoms with E-state index in [0.717, 1.165) is 13.1 Å². The summed E-state index contributed by atoms with van der Waals surface area (Å²) in [7, 11) is 2.00. The van der Waals surface area contributed by atoms with Crippen LogP contribution in [0.4, 0.5) is 5.69 Å². The van der Waals surface area contributed by atoms with E-state index in [1.165, 1.54) is 42.7 Å². The van der Waals surface area contributed by atoms with E-state index in [2.05, 4.69) is 47.6 Å². The molecule has 1 saturated heterocycles. The van der Waals surface area contributed by atoms with Crippen LogP contribution in [0.5, 0.6) is 0 Å². The molecule has 2 N–H and O–H groups in total. The van der Waals surface area contributed by atoms with Gasteiger partial charge in [0.05, 0.1) is 0 Å². The van der Waals surface area contributed by atoms with Gasteiger partial charge in [0.2, 0.25) is 0 Å². The molecule has 19 heavy (non-hydrogen) atoms. The van der Waals surface area contributed by atoms with Gasteiger partial charge in [-0.2, -0.15) is 0 Å². The molecule has 1 aliphatic heterocycles. The predicted molar refractivity (Wildman–Crippen MR) is 83.1 cm³/mol. The Hall–Kier alpha value is -1.06. The number of hydrogen-bond donors (Lipinski definition) is 2. The van der Waals surface area contributed by atoms with Crippen molar-refractivity contribution in [2.24, 2.45) is 0 Å². The third-order valence-corrected chi connectivity index (χ3v) is 4.00. The molecule has 2 rings (SSSR count). The summed E-state index contributed by atoms with van der Waals surface area (Å²) in [6.07, 6.45) is 2.49. The van der Waals surface area contributed by atoms with E-state index in [4.69, 9.17) is 0 Å². The first-order valence-electron chi connectivity index (χ1n) is 7.41. The highest BCUT2D eigenvalue weighted by Crippen LogP contribution is 2.24. The quantitative estimate of drug-likeness (QED) is 0.795. The molecule has 1 aromatic rings. The van der Waals surface area contributed by atoms with E-state index in [1.807, 2.05) is 7.05 Å². The number of piperidine rings is 1. The standard InChI is InChI=1S/C16H27N3/c1-13-4-5-16(14(2)12-13)19-10-6-15(7-11-19)18-9-8-17-3/h4-5,12,15,17-18H,6-11H2,1-3H3. The summed E-state index contributed by atoms with van der Waals surface area (Å²) in [6, 6.07) is 7.47. The summed E-state index contributed by atoms with van der Waals surface area (Å²) in [5.41, 5.74) is 4.17. The largest absolute Gasteiger partial charge is 0.371 e. The molecule has 1 aromatic carbocycles. The van der Waals surface area contributed by atoms with Crippen LogP contribution >= 0.6 is 0 Å². The molecule has 0 bridgehead atoms. The van der Waals surface area contributed by atoms with Crippen molar-refractivity contribution in [3.05, 3.63) is 29.3 Å². The third kappa shape index (κ3) is 3.95. The fraction of sp³-hybridized carbons (Fsp3) is 0.625. The third-order valence-electron chi connectivity index (χ3n) is 4.00. The van der Waals surface area contributed by atoms with E-state index in [-0.39, 0.29) is 0 Å². The van der Waals surface area contributed by atoms with Crippen LogP contribution in [0, 0.1) is 13.8 Å². The van der Waals surface area contributed by atoms with Gasteiger partial charge < -0.3 is 15.5 Å². The second kappa shape index (κ2) is 6.92. The van der Waals surface area contributed by atoms with Crippen LogP contribution in [0.3, 0.4) is 0 Å². The van der Waals surface area contributed by atoms with Crippen molar-refractivity contribution in [1.29, 1.82) is 0 Å². The molecule has 0 saturated carbocycles. The summed E-state index contributed by atoms with van der Waals surface area (Å²) in [6.45, 7) is 8.85. The number of benzene rings is 1. The van der Waals surface area contributed by atoms with Crippen LogP contribution in [0.15, 0.2) is 18.2 Å². The molecule has 1 aliphatic rings. The molecule has 0 aromatic heterocycles. The summed E-state index contributed by atoms with van der Waals surface area (Å²) in [4.78, 5) is 2.53. The van der Waals surface area contributed by atoms with Gasteiger partial charge in [-0.3, -0.25) is 0 Å². The average molecular weight is 261 g/mol. The van der Waals surface area contributed by atoms with E-state index in [0.29, 0.717) is 6.04 Å². The molecule has 3 nitrogen and oxygen atoms in total. The molecule has 0 radical (unpaired) electrons. The van der Waals surface area contributed by atoms with Crippen molar-refractivity contribution in [2.45, 2.75) is 32.7 Å². The molecule has 0 amide bonds. The highest BCUT2D eigenvalue weighted by Gasteiger charge is 2.19. The lowest BCUT2D eigenvalue weighted by atomic mass is 10.0. The van der Waals surface area contributed by atoms with Gasteiger partial charge in [0.25, 0.3) is 0 Å². The summed E-state index contributed by atoms with van der Waals surface area (Å²) >= 11 is 0. The zero-order valence-electron chi connectivity index (χ0n) is 12.5. The van der Waals surface area contributed by atoms with Gasteiger partial charge >= 0.3 is 0 Å². The normalized spacial score (nSPS) is 16.9. The zero-order chi connectivity index (χ0) is 13.7. The number of nitrogens with one attached hydrogen (secondary N) is 2. The van der Waals surface area contributed by atoms with Crippen LogP contribution in [0.1, 0.15) is 24.0 Å². The molecule has 106 valence electrons. The fourth-order valence-electron chi connectivity index (χ4n) is 2.89. The lowest BCUT2D eigenvalue weighted by molar-refractivity contribution is 0.415. The molecule has 0 atom stereocenters. The van der Waals surface area contributed by atoms with Crippen molar-refractivity contribution in [3.63, 3.8) is 0 Å². The highest BCUT2D eigenvalue weighted by atomic mass is 15.1. The van der Waals surface area contributed by atoms with E-state index in [1.54, 1.807) is 0 Å². The lowest BCUT2D eigenvalue weighted by Crippen LogP contribution is -2.44. The SMILES string of the molecule is CNCCNC1CCN(c2ccc(C)cc2C)CC1. The van der Waals surface area contributed by atoms with E-state index in [9.17, 15) is 0 Å². The van der Waals surface area contributed by atoms with E-state index >= 15 is 0 Å². The van der Waals surface area contributed by atoms with Gasteiger partial charge in [0.1, 0.15) is 0 Å². The number of nitrogens with zero attached hydrogens (tertiary/aromatic N) is 1. The van der Waals surface area contributed by atoms with Gasteiger partial charge in [-0.05, 0) is 45.4 Å². The van der Waals surface area contributed by atoms with Crippen LogP contribution in [-0.4, -0.2) is 39.3 Å². The smallest absolute Gasteiger partial charge is 0.0396 e. The molecule has 0 unspecified atom stereocenters. The Morgan fingerprint density at radius 1 is 1.16 bits per heavy atom. The maximum atomic E-state index is 3.63. The molecule has 0 aliphatic carbocycles. The second-order valence-electron chi connectivity index (χ2n) is 5.61. The highest BCUT2D eigenvalue weighted by molar-refractivity contribution is 5.54. The Balaban J connectivity index is 1.85. The van der Waals surface area contributed by atoms with Crippen LogP contribution in [0.25, 0.3) is 0 Å². The number of rotatable bonds is 5. The Kier molecular flexibility index (Phi) is 5.23. The van der Waals surface area contributed by atoms with Crippen molar-refractivity contribution < 1.29 is 0 Å². The maximum absolute atomic E-state index is 3.63. The number of aryl methyl sites for hydroxylation is 2. The second-order valence-corrected chi connectivity index (χ2v) is 5.61. The predicted octanol–water partition coefficient (Wildman–Crippen LogP) is 2.08. The Morgan fingerprint density at radius 3 is 2.53 bits per heavy atom. The Bertz CT molecular complexity index is 395. The maximum Gasteiger partial charge on any atom is 0.0396 e. The topological polar surface area (TPSA) is 27.3 Å². The van der Waals surface area contributed by atoms with Crippen molar-refractivity contribution >= 4 is 5.69 Å². The van der Waals surface area contributed by atoms with Crippen molar-refractivity contribution in [3.8, 4) is 0 Å². The average Bonchev–Trinajstić information content (AvgIpc) is 2.40. The minimum atomic E-state index is 0.690. The minimum Gasteiger partial charge on any atom is -0.371 e. The van der Waals surface area contributed by atoms with E-state index < -0.39 is 0 Å². The summed E-state index contributed by atoms with van der Waals surface area (Å²) in [5.74, 6) is 0. The lowest BCUT2D eigenvalue weighted by Gasteiger charge is -2.35. The van der Waals surface area contributed by atoms with Crippen molar-refractivity contribution in [1.82, 2.24) is 10.6 Å². The van der Waals surface area contributed by atoms with Gasteiger partial charge in [-0.25, -0.2) is 0 Å². The van der Waals surface area contributed by atoms with Crippen molar-refractivity contribution in [2.75, 3.05) is 38.1 Å².